The zero-order valence-corrected chi connectivity index (χ0v) is 16.0. The lowest BCUT2D eigenvalue weighted by Gasteiger charge is -2.02. The number of aromatic nitrogens is 2. The summed E-state index contributed by atoms with van der Waals surface area (Å²) in [5.41, 5.74) is 2.40. The number of rotatable bonds is 3. The van der Waals surface area contributed by atoms with E-state index in [1.54, 1.807) is 28.7 Å². The summed E-state index contributed by atoms with van der Waals surface area (Å²) in [4.78, 5) is 30.5. The van der Waals surface area contributed by atoms with Crippen molar-refractivity contribution in [1.29, 1.82) is 0 Å². The summed E-state index contributed by atoms with van der Waals surface area (Å²) in [6.07, 6.45) is 1.82. The van der Waals surface area contributed by atoms with Gasteiger partial charge in [-0.3, -0.25) is 4.79 Å². The van der Waals surface area contributed by atoms with Crippen LogP contribution in [0.5, 0.6) is 5.75 Å². The van der Waals surface area contributed by atoms with Crippen molar-refractivity contribution in [2.24, 2.45) is 0 Å². The van der Waals surface area contributed by atoms with Crippen molar-refractivity contribution in [3.63, 3.8) is 0 Å². The van der Waals surface area contributed by atoms with Gasteiger partial charge in [0.2, 0.25) is 0 Å². The third-order valence-electron chi connectivity index (χ3n) is 4.26. The Hall–Kier alpha value is -3.29. The third-order valence-corrected chi connectivity index (χ3v) is 6.07. The van der Waals surface area contributed by atoms with E-state index in [-0.39, 0.29) is 11.5 Å². The molecule has 0 aliphatic carbocycles. The standard InChI is InChI=1S/C21H12N2O3S2/c24-19-18(28-21-22-15-4-1-2-5-16(15)23(19)21)12-13-7-9-14(10-8-13)26-20(25)17-6-3-11-27-17/h1-12H. The Kier molecular flexibility index (Phi) is 4.03. The largest absolute Gasteiger partial charge is 0.422 e. The van der Waals surface area contributed by atoms with E-state index < -0.39 is 0 Å². The maximum atomic E-state index is 12.8. The number of para-hydroxylation sites is 2. The normalized spacial score (nSPS) is 12.1. The van der Waals surface area contributed by atoms with Crippen LogP contribution in [0.1, 0.15) is 15.2 Å². The number of ether oxygens (including phenoxy) is 1. The molecule has 0 fully saturated rings. The minimum absolute atomic E-state index is 0.0816. The second-order valence-electron chi connectivity index (χ2n) is 6.07. The Morgan fingerprint density at radius 2 is 1.86 bits per heavy atom. The van der Waals surface area contributed by atoms with E-state index >= 15 is 0 Å². The average molecular weight is 404 g/mol. The monoisotopic (exact) mass is 404 g/mol. The molecule has 2 aromatic carbocycles. The molecular weight excluding hydrogens is 392 g/mol. The summed E-state index contributed by atoms with van der Waals surface area (Å²) >= 11 is 2.70. The van der Waals surface area contributed by atoms with Crippen molar-refractivity contribution in [3.8, 4) is 5.75 Å². The number of carbonyl (C=O) groups is 1. The van der Waals surface area contributed by atoms with Crippen LogP contribution in [0.4, 0.5) is 0 Å². The first-order valence-corrected chi connectivity index (χ1v) is 10.2. The van der Waals surface area contributed by atoms with E-state index in [0.717, 1.165) is 16.6 Å². The second-order valence-corrected chi connectivity index (χ2v) is 8.03. The van der Waals surface area contributed by atoms with Crippen molar-refractivity contribution < 1.29 is 9.53 Å². The number of hydrogen-bond acceptors (Lipinski definition) is 6. The number of nitrogens with zero attached hydrogens (tertiary/aromatic N) is 2. The maximum absolute atomic E-state index is 12.8. The lowest BCUT2D eigenvalue weighted by molar-refractivity contribution is 0.0740. The number of thiazole rings is 1. The van der Waals surface area contributed by atoms with Crippen molar-refractivity contribution in [2.45, 2.75) is 0 Å². The number of fused-ring (bicyclic) bond motifs is 3. The molecule has 136 valence electrons. The molecule has 0 radical (unpaired) electrons. The van der Waals surface area contributed by atoms with Gasteiger partial charge in [-0.05, 0) is 47.4 Å². The van der Waals surface area contributed by atoms with Crippen molar-refractivity contribution in [1.82, 2.24) is 9.38 Å². The predicted octanol–water partition coefficient (Wildman–Crippen LogP) is 3.74. The predicted molar refractivity (Wildman–Crippen MR) is 111 cm³/mol. The summed E-state index contributed by atoms with van der Waals surface area (Å²) in [6.45, 7) is 0. The fraction of sp³-hybridized carbons (Fsp3) is 0. The van der Waals surface area contributed by atoms with Crippen LogP contribution in [0.25, 0.3) is 22.1 Å². The van der Waals surface area contributed by atoms with Crippen molar-refractivity contribution >= 4 is 50.7 Å². The number of carbonyl (C=O) groups excluding carboxylic acids is 1. The highest BCUT2D eigenvalue weighted by atomic mass is 32.1. The van der Waals surface area contributed by atoms with Crippen molar-refractivity contribution in [2.75, 3.05) is 0 Å². The summed E-state index contributed by atoms with van der Waals surface area (Å²) < 4.78 is 7.61. The number of imidazole rings is 1. The Morgan fingerprint density at radius 1 is 1.04 bits per heavy atom. The second kappa shape index (κ2) is 6.70. The topological polar surface area (TPSA) is 60.7 Å². The molecule has 5 aromatic rings. The first-order chi connectivity index (χ1) is 13.7. The van der Waals surface area contributed by atoms with Gasteiger partial charge in [0.1, 0.15) is 10.6 Å². The number of esters is 1. The highest BCUT2D eigenvalue weighted by Gasteiger charge is 2.11. The lowest BCUT2D eigenvalue weighted by Crippen LogP contribution is -2.22. The zero-order valence-electron chi connectivity index (χ0n) is 14.4. The molecule has 0 aliphatic rings. The Labute approximate surface area is 166 Å². The zero-order chi connectivity index (χ0) is 19.1. The Balaban J connectivity index is 1.47. The molecule has 0 aliphatic heterocycles. The molecule has 0 amide bonds. The van der Waals surface area contributed by atoms with Crippen LogP contribution in [0.15, 0.2) is 70.8 Å². The molecule has 5 nitrogen and oxygen atoms in total. The number of benzene rings is 2. The average Bonchev–Trinajstić information content (AvgIpc) is 3.41. The van der Waals surface area contributed by atoms with E-state index in [4.69, 9.17) is 4.74 Å². The van der Waals surface area contributed by atoms with E-state index in [9.17, 15) is 9.59 Å². The first-order valence-electron chi connectivity index (χ1n) is 8.46. The molecule has 0 atom stereocenters. The van der Waals surface area contributed by atoms with E-state index in [0.29, 0.717) is 20.1 Å². The van der Waals surface area contributed by atoms with Gasteiger partial charge in [-0.2, -0.15) is 0 Å². The minimum atomic E-state index is -0.375. The molecular formula is C21H12N2O3S2. The summed E-state index contributed by atoms with van der Waals surface area (Å²) in [6, 6.07) is 18.2. The summed E-state index contributed by atoms with van der Waals surface area (Å²) in [5.74, 6) is 0.0878. The van der Waals surface area contributed by atoms with Crippen molar-refractivity contribution in [3.05, 3.63) is 91.4 Å². The van der Waals surface area contributed by atoms with Gasteiger partial charge in [-0.25, -0.2) is 14.2 Å². The van der Waals surface area contributed by atoms with Crippen LogP contribution < -0.4 is 14.8 Å². The van der Waals surface area contributed by atoms with Gasteiger partial charge in [0, 0.05) is 0 Å². The molecule has 3 heterocycles. The maximum Gasteiger partial charge on any atom is 0.353 e. The molecule has 0 saturated heterocycles. The molecule has 0 unspecified atom stereocenters. The molecule has 0 bridgehead atoms. The fourth-order valence-electron chi connectivity index (χ4n) is 2.95. The number of hydrogen-bond donors (Lipinski definition) is 0. The smallest absolute Gasteiger partial charge is 0.353 e. The third kappa shape index (κ3) is 2.90. The van der Waals surface area contributed by atoms with Gasteiger partial charge in [-0.1, -0.05) is 41.7 Å². The molecule has 0 spiro atoms. The SMILES string of the molecule is O=C(Oc1ccc(C=c2sc3nc4ccccc4n3c2=O)cc1)c1cccs1. The molecule has 7 heteroatoms. The fourth-order valence-corrected chi connectivity index (χ4v) is 4.53. The Bertz CT molecular complexity index is 1410. The highest BCUT2D eigenvalue weighted by molar-refractivity contribution is 7.15. The molecule has 28 heavy (non-hydrogen) atoms. The van der Waals surface area contributed by atoms with Crippen LogP contribution in [0.3, 0.4) is 0 Å². The minimum Gasteiger partial charge on any atom is -0.422 e. The van der Waals surface area contributed by atoms with Crippen LogP contribution in [0, 0.1) is 0 Å². The first kappa shape index (κ1) is 16.9. The summed E-state index contributed by atoms with van der Waals surface area (Å²) in [7, 11) is 0. The van der Waals surface area contributed by atoms with Crippen LogP contribution in [-0.2, 0) is 0 Å². The van der Waals surface area contributed by atoms with E-state index in [2.05, 4.69) is 4.98 Å². The molecule has 5 rings (SSSR count). The molecule has 3 aromatic heterocycles. The molecule has 0 N–H and O–H groups in total. The van der Waals surface area contributed by atoms with Crippen LogP contribution >= 0.6 is 22.7 Å². The van der Waals surface area contributed by atoms with Gasteiger partial charge in [0.05, 0.1) is 15.6 Å². The van der Waals surface area contributed by atoms with Crippen LogP contribution in [0.2, 0.25) is 0 Å². The van der Waals surface area contributed by atoms with E-state index in [1.807, 2.05) is 47.9 Å². The van der Waals surface area contributed by atoms with Gasteiger partial charge >= 0.3 is 5.97 Å². The van der Waals surface area contributed by atoms with Crippen LogP contribution in [-0.4, -0.2) is 15.4 Å². The quantitative estimate of drug-likeness (QED) is 0.340. The Morgan fingerprint density at radius 3 is 2.64 bits per heavy atom. The van der Waals surface area contributed by atoms with Gasteiger partial charge < -0.3 is 4.74 Å². The highest BCUT2D eigenvalue weighted by Crippen LogP contribution is 2.18. The van der Waals surface area contributed by atoms with Gasteiger partial charge in [0.25, 0.3) is 5.56 Å². The van der Waals surface area contributed by atoms with Gasteiger partial charge in [0.15, 0.2) is 4.96 Å². The molecule has 0 saturated carbocycles. The summed E-state index contributed by atoms with van der Waals surface area (Å²) in [5, 5.41) is 1.83. The van der Waals surface area contributed by atoms with Gasteiger partial charge in [-0.15, -0.1) is 11.3 Å². The lowest BCUT2D eigenvalue weighted by atomic mass is 10.2. The number of thiophene rings is 1. The van der Waals surface area contributed by atoms with E-state index in [1.165, 1.54) is 22.7 Å².